The van der Waals surface area contributed by atoms with Crippen molar-refractivity contribution in [2.24, 2.45) is 0 Å². The van der Waals surface area contributed by atoms with Crippen LogP contribution in [0.15, 0.2) is 84.9 Å². The fourth-order valence-corrected chi connectivity index (χ4v) is 4.86. The van der Waals surface area contributed by atoms with E-state index in [0.717, 1.165) is 22.2 Å². The first-order valence-electron chi connectivity index (χ1n) is 10.5. The summed E-state index contributed by atoms with van der Waals surface area (Å²) in [6.07, 6.45) is 1.03. The number of hydrogen-bond donors (Lipinski definition) is 1. The van der Waals surface area contributed by atoms with Crippen molar-refractivity contribution in [3.8, 4) is 0 Å². The fourth-order valence-electron chi connectivity index (χ4n) is 4.86. The zero-order valence-electron chi connectivity index (χ0n) is 17.2. The Morgan fingerprint density at radius 3 is 1.93 bits per heavy atom. The number of hydrogen-bond acceptors (Lipinski definition) is 4. The van der Waals surface area contributed by atoms with Crippen molar-refractivity contribution >= 4 is 11.0 Å². The second-order valence-electron chi connectivity index (χ2n) is 7.89. The van der Waals surface area contributed by atoms with Crippen LogP contribution in [-0.2, 0) is 16.1 Å². The number of fused-ring (bicyclic) bond motifs is 1. The summed E-state index contributed by atoms with van der Waals surface area (Å²) in [5.74, 6) is 0. The summed E-state index contributed by atoms with van der Waals surface area (Å²) in [6, 6.07) is 28.0. The van der Waals surface area contributed by atoms with Crippen LogP contribution in [0, 0.1) is 0 Å². The molecule has 1 fully saturated rings. The monoisotopic (exact) mass is 399 g/mol. The van der Waals surface area contributed by atoms with Crippen LogP contribution >= 0.6 is 0 Å². The van der Waals surface area contributed by atoms with Crippen molar-refractivity contribution in [3.63, 3.8) is 0 Å². The van der Waals surface area contributed by atoms with E-state index in [2.05, 4.69) is 34.6 Å². The lowest BCUT2D eigenvalue weighted by molar-refractivity contribution is -0.0852. The third-order valence-corrected chi connectivity index (χ3v) is 6.55. The molecule has 4 aromatic rings. The number of nitrogens with zero attached hydrogens (tertiary/aromatic N) is 3. The molecule has 152 valence electrons. The molecule has 0 saturated carbocycles. The molecule has 30 heavy (non-hydrogen) atoms. The third-order valence-electron chi connectivity index (χ3n) is 6.55. The van der Waals surface area contributed by atoms with Crippen molar-refractivity contribution in [2.45, 2.75) is 43.6 Å². The molecule has 0 spiro atoms. The van der Waals surface area contributed by atoms with Gasteiger partial charge < -0.3 is 9.84 Å². The highest BCUT2D eigenvalue weighted by atomic mass is 16.7. The number of aliphatic hydroxyl groups is 1. The van der Waals surface area contributed by atoms with E-state index in [1.165, 1.54) is 0 Å². The highest BCUT2D eigenvalue weighted by Crippen LogP contribution is 2.69. The Bertz CT molecular complexity index is 1130. The maximum Gasteiger partial charge on any atom is 0.230 e. The van der Waals surface area contributed by atoms with Crippen molar-refractivity contribution in [3.05, 3.63) is 96.1 Å². The zero-order valence-corrected chi connectivity index (χ0v) is 17.2. The predicted molar refractivity (Wildman–Crippen MR) is 116 cm³/mol. The minimum atomic E-state index is -1.16. The Hall–Kier alpha value is -3.02. The van der Waals surface area contributed by atoms with E-state index in [1.54, 1.807) is 4.68 Å². The van der Waals surface area contributed by atoms with E-state index in [0.29, 0.717) is 12.8 Å². The molecule has 1 aromatic heterocycles. The van der Waals surface area contributed by atoms with Crippen molar-refractivity contribution in [1.29, 1.82) is 0 Å². The molecule has 1 N–H and O–H groups in total. The topological polar surface area (TPSA) is 63.5 Å². The Morgan fingerprint density at radius 1 is 0.833 bits per heavy atom. The van der Waals surface area contributed by atoms with Crippen molar-refractivity contribution in [1.82, 2.24) is 15.0 Å². The quantitative estimate of drug-likeness (QED) is 0.481. The summed E-state index contributed by atoms with van der Waals surface area (Å²) < 4.78 is 8.58. The lowest BCUT2D eigenvalue weighted by Gasteiger charge is -2.35. The van der Waals surface area contributed by atoms with Crippen LogP contribution in [0.1, 0.15) is 37.8 Å². The second-order valence-corrected chi connectivity index (χ2v) is 7.89. The van der Waals surface area contributed by atoms with Gasteiger partial charge in [0, 0.05) is 0 Å². The third kappa shape index (κ3) is 2.30. The van der Waals surface area contributed by atoms with E-state index < -0.39 is 16.9 Å². The van der Waals surface area contributed by atoms with Gasteiger partial charge in [-0.3, -0.25) is 0 Å². The maximum absolute atomic E-state index is 12.0. The van der Waals surface area contributed by atoms with E-state index in [9.17, 15) is 5.11 Å². The molecule has 1 saturated heterocycles. The number of rotatable bonds is 6. The van der Waals surface area contributed by atoms with Crippen LogP contribution in [0.4, 0.5) is 0 Å². The molecular weight excluding hydrogens is 374 g/mol. The lowest BCUT2D eigenvalue weighted by Crippen LogP contribution is -2.51. The summed E-state index contributed by atoms with van der Waals surface area (Å²) in [5.41, 5.74) is 0.417. The van der Waals surface area contributed by atoms with Gasteiger partial charge in [-0.25, -0.2) is 4.68 Å². The van der Waals surface area contributed by atoms with Crippen LogP contribution in [0.25, 0.3) is 11.0 Å². The Balaban J connectivity index is 1.86. The normalized spacial score (nSPS) is 20.4. The van der Waals surface area contributed by atoms with Gasteiger partial charge in [0.1, 0.15) is 11.1 Å². The molecule has 5 heteroatoms. The van der Waals surface area contributed by atoms with Crippen molar-refractivity contribution < 1.29 is 9.84 Å². The molecule has 0 radical (unpaired) electrons. The number of ether oxygens (including phenoxy) is 1. The molecule has 2 heterocycles. The molecular formula is C25H25N3O2. The first-order valence-corrected chi connectivity index (χ1v) is 10.5. The van der Waals surface area contributed by atoms with Crippen LogP contribution < -0.4 is 0 Å². The van der Waals surface area contributed by atoms with Gasteiger partial charge in [-0.15, -0.1) is 5.10 Å². The fraction of sp³-hybridized carbons (Fsp3) is 0.280. The molecule has 1 unspecified atom stereocenters. The number of para-hydroxylation sites is 1. The summed E-state index contributed by atoms with van der Waals surface area (Å²) in [5, 5.41) is 20.9. The van der Waals surface area contributed by atoms with Gasteiger partial charge in [-0.2, -0.15) is 0 Å². The molecule has 0 aliphatic carbocycles. The molecule has 3 aromatic carbocycles. The number of aromatic nitrogens is 3. The molecule has 0 amide bonds. The van der Waals surface area contributed by atoms with E-state index in [4.69, 9.17) is 4.74 Å². The standard InChI is InChI=1S/C25H25N3O2/c1-3-23(29,4-2)25(28-22-18-12-11-17-21(22)26-27-28)24(30-25,19-13-7-5-8-14-19)20-15-9-6-10-16-20/h5-18,29H,3-4H2,1-2H3. The van der Waals surface area contributed by atoms with Crippen LogP contribution in [0.2, 0.25) is 0 Å². The van der Waals surface area contributed by atoms with Crippen LogP contribution in [0.5, 0.6) is 0 Å². The van der Waals surface area contributed by atoms with Gasteiger partial charge in [0.05, 0.1) is 5.52 Å². The zero-order chi connectivity index (χ0) is 20.8. The van der Waals surface area contributed by atoms with Gasteiger partial charge in [-0.05, 0) is 36.1 Å². The van der Waals surface area contributed by atoms with Gasteiger partial charge in [0.15, 0.2) is 5.60 Å². The highest BCUT2D eigenvalue weighted by Gasteiger charge is 2.81. The SMILES string of the molecule is CCC(O)(CC)C1(n2nnc3ccccc32)OC1(c1ccccc1)c1ccccc1. The van der Waals surface area contributed by atoms with Crippen molar-refractivity contribution in [2.75, 3.05) is 0 Å². The van der Waals surface area contributed by atoms with Gasteiger partial charge in [0.2, 0.25) is 5.72 Å². The Kier molecular flexibility index (Phi) is 4.27. The van der Waals surface area contributed by atoms with Gasteiger partial charge >= 0.3 is 0 Å². The summed E-state index contributed by atoms with van der Waals surface area (Å²) in [6.45, 7) is 3.99. The summed E-state index contributed by atoms with van der Waals surface area (Å²) in [4.78, 5) is 0. The first-order chi connectivity index (χ1) is 14.6. The van der Waals surface area contributed by atoms with Crippen LogP contribution in [-0.4, -0.2) is 25.7 Å². The van der Waals surface area contributed by atoms with E-state index in [-0.39, 0.29) is 0 Å². The largest absolute Gasteiger partial charge is 0.385 e. The Labute approximate surface area is 175 Å². The lowest BCUT2D eigenvalue weighted by atomic mass is 9.74. The Morgan fingerprint density at radius 2 is 1.37 bits per heavy atom. The first kappa shape index (κ1) is 19.0. The maximum atomic E-state index is 12.0. The number of epoxide rings is 1. The minimum Gasteiger partial charge on any atom is -0.385 e. The molecule has 1 aliphatic rings. The highest BCUT2D eigenvalue weighted by molar-refractivity contribution is 5.75. The van der Waals surface area contributed by atoms with E-state index in [1.807, 2.05) is 74.5 Å². The number of benzene rings is 3. The second kappa shape index (κ2) is 6.76. The van der Waals surface area contributed by atoms with E-state index >= 15 is 0 Å². The molecule has 1 aliphatic heterocycles. The molecule has 5 rings (SSSR count). The molecule has 0 bridgehead atoms. The average Bonchev–Trinajstić information content (AvgIpc) is 3.37. The average molecular weight is 399 g/mol. The summed E-state index contributed by atoms with van der Waals surface area (Å²) in [7, 11) is 0. The molecule has 5 nitrogen and oxygen atoms in total. The smallest absolute Gasteiger partial charge is 0.230 e. The van der Waals surface area contributed by atoms with Crippen LogP contribution in [0.3, 0.4) is 0 Å². The molecule has 1 atom stereocenters. The summed E-state index contributed by atoms with van der Waals surface area (Å²) >= 11 is 0. The van der Waals surface area contributed by atoms with Gasteiger partial charge in [0.25, 0.3) is 0 Å². The minimum absolute atomic E-state index is 0.513. The predicted octanol–water partition coefficient (Wildman–Crippen LogP) is 4.61. The van der Waals surface area contributed by atoms with Gasteiger partial charge in [-0.1, -0.05) is 91.9 Å².